The molecule has 6 heteroatoms. The van der Waals surface area contributed by atoms with Gasteiger partial charge in [0, 0.05) is 20.2 Å². The van der Waals surface area contributed by atoms with Crippen molar-refractivity contribution < 1.29 is 19.4 Å². The third-order valence-corrected chi connectivity index (χ3v) is 3.64. The van der Waals surface area contributed by atoms with Crippen molar-refractivity contribution in [3.8, 4) is 0 Å². The number of carboxylic acids is 1. The summed E-state index contributed by atoms with van der Waals surface area (Å²) < 4.78 is 5.25. The van der Waals surface area contributed by atoms with E-state index in [2.05, 4.69) is 5.32 Å². The summed E-state index contributed by atoms with van der Waals surface area (Å²) in [6.45, 7) is 1.21. The first-order valence-corrected chi connectivity index (χ1v) is 6.43. The summed E-state index contributed by atoms with van der Waals surface area (Å²) in [5, 5.41) is 11.7. The predicted octanol–water partition coefficient (Wildman–Crippen LogP) is 0.670. The standard InChI is InChI=1S/C12H20N2O4/c1-18-9-3-2-6-14(7-9)12(17)13-10(11(15)16)8-4-5-8/h8-10H,2-7H2,1H3,(H,13,17)(H,15,16). The second kappa shape index (κ2) is 5.56. The maximum absolute atomic E-state index is 12.0. The zero-order valence-electron chi connectivity index (χ0n) is 10.6. The molecule has 2 atom stereocenters. The summed E-state index contributed by atoms with van der Waals surface area (Å²) in [4.78, 5) is 24.7. The van der Waals surface area contributed by atoms with Crippen molar-refractivity contribution in [2.45, 2.75) is 37.8 Å². The van der Waals surface area contributed by atoms with E-state index in [0.29, 0.717) is 13.1 Å². The Kier molecular flexibility index (Phi) is 4.06. The van der Waals surface area contributed by atoms with Gasteiger partial charge in [0.05, 0.1) is 6.10 Å². The maximum Gasteiger partial charge on any atom is 0.326 e. The number of nitrogens with one attached hydrogen (secondary N) is 1. The minimum Gasteiger partial charge on any atom is -0.480 e. The van der Waals surface area contributed by atoms with Crippen LogP contribution in [0.5, 0.6) is 0 Å². The van der Waals surface area contributed by atoms with Crippen molar-refractivity contribution in [1.82, 2.24) is 10.2 Å². The molecule has 0 radical (unpaired) electrons. The molecule has 2 aliphatic rings. The number of hydrogen-bond donors (Lipinski definition) is 2. The first-order chi connectivity index (χ1) is 8.61. The molecular weight excluding hydrogens is 236 g/mol. The average Bonchev–Trinajstić information content (AvgIpc) is 3.19. The number of urea groups is 1. The zero-order valence-corrected chi connectivity index (χ0v) is 10.6. The van der Waals surface area contributed by atoms with E-state index < -0.39 is 12.0 Å². The van der Waals surface area contributed by atoms with E-state index in [1.165, 1.54) is 0 Å². The van der Waals surface area contributed by atoms with Crippen molar-refractivity contribution >= 4 is 12.0 Å². The van der Waals surface area contributed by atoms with E-state index in [4.69, 9.17) is 9.84 Å². The number of ether oxygens (including phenoxy) is 1. The minimum absolute atomic E-state index is 0.0636. The van der Waals surface area contributed by atoms with Crippen molar-refractivity contribution in [2.75, 3.05) is 20.2 Å². The van der Waals surface area contributed by atoms with Crippen LogP contribution in [0.1, 0.15) is 25.7 Å². The van der Waals surface area contributed by atoms with Crippen LogP contribution in [-0.4, -0.2) is 54.4 Å². The van der Waals surface area contributed by atoms with Crippen LogP contribution in [0.15, 0.2) is 0 Å². The fourth-order valence-electron chi connectivity index (χ4n) is 2.35. The molecule has 2 rings (SSSR count). The fraction of sp³-hybridized carbons (Fsp3) is 0.833. The Morgan fingerprint density at radius 1 is 1.39 bits per heavy atom. The second-order valence-corrected chi connectivity index (χ2v) is 5.05. The van der Waals surface area contributed by atoms with Gasteiger partial charge in [0.25, 0.3) is 0 Å². The lowest BCUT2D eigenvalue weighted by Crippen LogP contribution is -2.52. The molecule has 1 heterocycles. The van der Waals surface area contributed by atoms with Crippen LogP contribution in [0.2, 0.25) is 0 Å². The zero-order chi connectivity index (χ0) is 13.1. The molecule has 1 saturated heterocycles. The molecule has 2 unspecified atom stereocenters. The van der Waals surface area contributed by atoms with E-state index in [1.54, 1.807) is 12.0 Å². The van der Waals surface area contributed by atoms with Crippen LogP contribution in [0.4, 0.5) is 4.79 Å². The number of aliphatic carboxylic acids is 1. The largest absolute Gasteiger partial charge is 0.480 e. The molecule has 1 aliphatic carbocycles. The van der Waals surface area contributed by atoms with Crippen molar-refractivity contribution in [3.63, 3.8) is 0 Å². The van der Waals surface area contributed by atoms with Gasteiger partial charge in [-0.3, -0.25) is 0 Å². The number of hydrogen-bond acceptors (Lipinski definition) is 3. The highest BCUT2D eigenvalue weighted by Gasteiger charge is 2.38. The highest BCUT2D eigenvalue weighted by molar-refractivity contribution is 5.83. The van der Waals surface area contributed by atoms with E-state index in [-0.39, 0.29) is 18.1 Å². The fourth-order valence-corrected chi connectivity index (χ4v) is 2.35. The molecule has 0 aromatic rings. The third kappa shape index (κ3) is 3.13. The van der Waals surface area contributed by atoms with Crippen LogP contribution in [0.25, 0.3) is 0 Å². The van der Waals surface area contributed by atoms with Crippen LogP contribution in [-0.2, 0) is 9.53 Å². The Morgan fingerprint density at radius 3 is 2.67 bits per heavy atom. The van der Waals surface area contributed by atoms with Gasteiger partial charge >= 0.3 is 12.0 Å². The number of nitrogens with zero attached hydrogens (tertiary/aromatic N) is 1. The number of likely N-dealkylation sites (tertiary alicyclic amines) is 1. The van der Waals surface area contributed by atoms with Gasteiger partial charge in [-0.15, -0.1) is 0 Å². The molecule has 1 aliphatic heterocycles. The quantitative estimate of drug-likeness (QED) is 0.775. The number of rotatable bonds is 4. The SMILES string of the molecule is COC1CCCN(C(=O)NC(C(=O)O)C2CC2)C1. The Bertz CT molecular complexity index is 330. The molecule has 102 valence electrons. The number of amides is 2. The molecule has 2 fully saturated rings. The van der Waals surface area contributed by atoms with Gasteiger partial charge in [-0.05, 0) is 31.6 Å². The molecule has 2 N–H and O–H groups in total. The molecule has 0 bridgehead atoms. The van der Waals surface area contributed by atoms with Gasteiger partial charge in [-0.25, -0.2) is 9.59 Å². The summed E-state index contributed by atoms with van der Waals surface area (Å²) in [5.41, 5.74) is 0. The van der Waals surface area contributed by atoms with Crippen LogP contribution < -0.4 is 5.32 Å². The van der Waals surface area contributed by atoms with Gasteiger partial charge in [-0.1, -0.05) is 0 Å². The number of carbonyl (C=O) groups excluding carboxylic acids is 1. The Morgan fingerprint density at radius 2 is 2.11 bits per heavy atom. The molecule has 18 heavy (non-hydrogen) atoms. The maximum atomic E-state index is 12.0. The lowest BCUT2D eigenvalue weighted by atomic mass is 10.1. The van der Waals surface area contributed by atoms with Gasteiger partial charge in [0.15, 0.2) is 0 Å². The average molecular weight is 256 g/mol. The van der Waals surface area contributed by atoms with Crippen molar-refractivity contribution in [2.24, 2.45) is 5.92 Å². The van der Waals surface area contributed by atoms with Crippen molar-refractivity contribution in [3.05, 3.63) is 0 Å². The van der Waals surface area contributed by atoms with E-state index in [0.717, 1.165) is 25.7 Å². The molecule has 0 spiro atoms. The highest BCUT2D eigenvalue weighted by atomic mass is 16.5. The number of carbonyl (C=O) groups is 2. The van der Waals surface area contributed by atoms with Gasteiger partial charge in [-0.2, -0.15) is 0 Å². The van der Waals surface area contributed by atoms with Crippen molar-refractivity contribution in [1.29, 1.82) is 0 Å². The molecule has 1 saturated carbocycles. The first kappa shape index (κ1) is 13.1. The third-order valence-electron chi connectivity index (χ3n) is 3.64. The number of carboxylic acid groups (broad SMARTS) is 1. The summed E-state index contributed by atoms with van der Waals surface area (Å²) in [6.07, 6.45) is 3.68. The second-order valence-electron chi connectivity index (χ2n) is 5.05. The molecule has 2 amide bonds. The Labute approximate surface area is 106 Å². The minimum atomic E-state index is -0.939. The number of piperidine rings is 1. The lowest BCUT2D eigenvalue weighted by molar-refractivity contribution is -0.139. The van der Waals surface area contributed by atoms with Crippen LogP contribution >= 0.6 is 0 Å². The monoisotopic (exact) mass is 256 g/mol. The smallest absolute Gasteiger partial charge is 0.326 e. The highest BCUT2D eigenvalue weighted by Crippen LogP contribution is 2.32. The molecule has 6 nitrogen and oxygen atoms in total. The van der Waals surface area contributed by atoms with Crippen LogP contribution in [0.3, 0.4) is 0 Å². The normalized spacial score (nSPS) is 25.6. The number of methoxy groups -OCH3 is 1. The topological polar surface area (TPSA) is 78.9 Å². The van der Waals surface area contributed by atoms with E-state index in [9.17, 15) is 9.59 Å². The van der Waals surface area contributed by atoms with E-state index in [1.807, 2.05) is 0 Å². The van der Waals surface area contributed by atoms with Gasteiger partial charge < -0.3 is 20.1 Å². The Balaban J connectivity index is 1.88. The molecule has 0 aromatic carbocycles. The summed E-state index contributed by atoms with van der Waals surface area (Å²) in [6, 6.07) is -1.02. The first-order valence-electron chi connectivity index (χ1n) is 6.43. The summed E-state index contributed by atoms with van der Waals surface area (Å²) >= 11 is 0. The lowest BCUT2D eigenvalue weighted by Gasteiger charge is -2.32. The molecular formula is C12H20N2O4. The van der Waals surface area contributed by atoms with Gasteiger partial charge in [0.2, 0.25) is 0 Å². The summed E-state index contributed by atoms with van der Waals surface area (Å²) in [7, 11) is 1.64. The van der Waals surface area contributed by atoms with E-state index >= 15 is 0 Å². The summed E-state index contributed by atoms with van der Waals surface area (Å²) in [5.74, 6) is -0.833. The van der Waals surface area contributed by atoms with Crippen LogP contribution in [0, 0.1) is 5.92 Å². The predicted molar refractivity (Wildman–Crippen MR) is 64.3 cm³/mol. The van der Waals surface area contributed by atoms with Gasteiger partial charge in [0.1, 0.15) is 6.04 Å². The molecule has 0 aromatic heterocycles. The Hall–Kier alpha value is -1.30.